The van der Waals surface area contributed by atoms with Crippen molar-refractivity contribution in [3.05, 3.63) is 12.2 Å². The van der Waals surface area contributed by atoms with Gasteiger partial charge in [0.25, 0.3) is 0 Å². The van der Waals surface area contributed by atoms with E-state index in [2.05, 4.69) is 26.0 Å². The van der Waals surface area contributed by atoms with Gasteiger partial charge in [0.15, 0.2) is 0 Å². The van der Waals surface area contributed by atoms with E-state index in [9.17, 15) is 0 Å². The zero-order chi connectivity index (χ0) is 9.76. The van der Waals surface area contributed by atoms with Gasteiger partial charge in [-0.3, -0.25) is 0 Å². The van der Waals surface area contributed by atoms with Gasteiger partial charge in [-0.05, 0) is 68.1 Å². The van der Waals surface area contributed by atoms with E-state index in [1.54, 1.807) is 12.8 Å². The summed E-state index contributed by atoms with van der Waals surface area (Å²) in [4.78, 5) is 0. The molecule has 4 fully saturated rings. The highest BCUT2D eigenvalue weighted by atomic mass is 14.6. The van der Waals surface area contributed by atoms with Crippen LogP contribution < -0.4 is 0 Å². The third-order valence-corrected chi connectivity index (χ3v) is 5.31. The molecule has 0 aliphatic heterocycles. The molecule has 0 aromatic carbocycles. The van der Waals surface area contributed by atoms with Crippen LogP contribution >= 0.6 is 0 Å². The number of rotatable bonds is 1. The van der Waals surface area contributed by atoms with Crippen molar-refractivity contribution in [2.45, 2.75) is 46.0 Å². The molecule has 0 saturated heterocycles. The molecule has 0 N–H and O–H groups in total. The smallest absolute Gasteiger partial charge is 0.0110 e. The summed E-state index contributed by atoms with van der Waals surface area (Å²) in [5.41, 5.74) is 0.651. The molecule has 2 unspecified atom stereocenters. The fraction of sp³-hybridized carbons (Fsp3) is 0.857. The van der Waals surface area contributed by atoms with Crippen LogP contribution in [-0.2, 0) is 0 Å². The van der Waals surface area contributed by atoms with Crippen LogP contribution in [0.5, 0.6) is 0 Å². The second-order valence-electron chi connectivity index (χ2n) is 6.19. The van der Waals surface area contributed by atoms with Crippen molar-refractivity contribution >= 4 is 0 Å². The Morgan fingerprint density at radius 2 is 1.71 bits per heavy atom. The van der Waals surface area contributed by atoms with Crippen LogP contribution in [0.15, 0.2) is 12.2 Å². The van der Waals surface area contributed by atoms with E-state index in [0.717, 1.165) is 23.7 Å². The van der Waals surface area contributed by atoms with Crippen LogP contribution in [0, 0.1) is 29.1 Å². The summed E-state index contributed by atoms with van der Waals surface area (Å²) >= 11 is 0. The third kappa shape index (κ3) is 1.12. The molecule has 2 atom stereocenters. The minimum absolute atomic E-state index is 0.651. The topological polar surface area (TPSA) is 0 Å². The van der Waals surface area contributed by atoms with E-state index >= 15 is 0 Å². The molecular formula is C14H22. The lowest BCUT2D eigenvalue weighted by atomic mass is 9.46. The molecule has 0 heterocycles. The summed E-state index contributed by atoms with van der Waals surface area (Å²) in [6.45, 7) is 4.71. The zero-order valence-corrected chi connectivity index (χ0v) is 9.50. The van der Waals surface area contributed by atoms with Gasteiger partial charge >= 0.3 is 0 Å². The third-order valence-electron chi connectivity index (χ3n) is 5.31. The van der Waals surface area contributed by atoms with Gasteiger partial charge in [-0.25, -0.2) is 0 Å². The second kappa shape index (κ2) is 2.87. The fourth-order valence-electron chi connectivity index (χ4n) is 4.90. The summed E-state index contributed by atoms with van der Waals surface area (Å²) in [7, 11) is 0. The molecule has 4 aliphatic rings. The highest BCUT2D eigenvalue weighted by Crippen LogP contribution is 2.62. The van der Waals surface area contributed by atoms with E-state index in [1.165, 1.54) is 19.3 Å². The van der Waals surface area contributed by atoms with E-state index in [-0.39, 0.29) is 0 Å². The molecule has 0 nitrogen and oxygen atoms in total. The SMILES string of the molecule is C/C=C\C12CC3CC(C1)C(C)C(C3)C2. The summed E-state index contributed by atoms with van der Waals surface area (Å²) in [5, 5.41) is 0. The van der Waals surface area contributed by atoms with Gasteiger partial charge in [-0.1, -0.05) is 19.1 Å². The minimum Gasteiger partial charge on any atom is -0.0911 e. The van der Waals surface area contributed by atoms with Gasteiger partial charge in [0.2, 0.25) is 0 Å². The van der Waals surface area contributed by atoms with Crippen molar-refractivity contribution in [2.75, 3.05) is 0 Å². The Bertz CT molecular complexity index is 247. The van der Waals surface area contributed by atoms with Crippen LogP contribution in [-0.4, -0.2) is 0 Å². The first-order valence-corrected chi connectivity index (χ1v) is 6.36. The molecule has 0 amide bonds. The van der Waals surface area contributed by atoms with Crippen molar-refractivity contribution < 1.29 is 0 Å². The van der Waals surface area contributed by atoms with Gasteiger partial charge in [0.1, 0.15) is 0 Å². The standard InChI is InChI=1S/C14H22/c1-3-4-14-7-11-5-12(8-14)10(2)13(6-11)9-14/h3-4,10-13H,5-9H2,1-2H3/b4-3-. The quantitative estimate of drug-likeness (QED) is 0.548. The van der Waals surface area contributed by atoms with Gasteiger partial charge in [-0.2, -0.15) is 0 Å². The van der Waals surface area contributed by atoms with Crippen molar-refractivity contribution in [2.24, 2.45) is 29.1 Å². The predicted octanol–water partition coefficient (Wildman–Crippen LogP) is 4.02. The van der Waals surface area contributed by atoms with Crippen molar-refractivity contribution in [1.82, 2.24) is 0 Å². The van der Waals surface area contributed by atoms with Crippen LogP contribution in [0.2, 0.25) is 0 Å². The van der Waals surface area contributed by atoms with Crippen LogP contribution in [0.1, 0.15) is 46.0 Å². The predicted molar refractivity (Wildman–Crippen MR) is 60.0 cm³/mol. The number of allylic oxidation sites excluding steroid dienone is 2. The molecule has 14 heavy (non-hydrogen) atoms. The van der Waals surface area contributed by atoms with E-state index in [1.807, 2.05) is 0 Å². The first-order chi connectivity index (χ1) is 6.72. The van der Waals surface area contributed by atoms with E-state index in [0.29, 0.717) is 5.41 Å². The van der Waals surface area contributed by atoms with Crippen molar-refractivity contribution in [1.29, 1.82) is 0 Å². The summed E-state index contributed by atoms with van der Waals surface area (Å²) in [6, 6.07) is 0. The Labute approximate surface area is 87.8 Å². The molecule has 0 radical (unpaired) electrons. The van der Waals surface area contributed by atoms with Crippen LogP contribution in [0.3, 0.4) is 0 Å². The Morgan fingerprint density at radius 1 is 1.07 bits per heavy atom. The molecule has 4 bridgehead atoms. The highest BCUT2D eigenvalue weighted by Gasteiger charge is 2.52. The molecule has 4 saturated carbocycles. The molecule has 0 aromatic heterocycles. The molecule has 0 heteroatoms. The van der Waals surface area contributed by atoms with Crippen LogP contribution in [0.4, 0.5) is 0 Å². The Hall–Kier alpha value is -0.260. The highest BCUT2D eigenvalue weighted by molar-refractivity contribution is 5.11. The average molecular weight is 190 g/mol. The number of hydrogen-bond donors (Lipinski definition) is 0. The summed E-state index contributed by atoms with van der Waals surface area (Å²) in [6.07, 6.45) is 12.5. The molecule has 4 rings (SSSR count). The van der Waals surface area contributed by atoms with Gasteiger partial charge in [-0.15, -0.1) is 0 Å². The Kier molecular flexibility index (Phi) is 1.84. The zero-order valence-electron chi connectivity index (χ0n) is 9.50. The summed E-state index contributed by atoms with van der Waals surface area (Å²) in [5.74, 6) is 4.25. The van der Waals surface area contributed by atoms with Gasteiger partial charge in [0, 0.05) is 0 Å². The maximum atomic E-state index is 2.55. The molecule has 0 spiro atoms. The summed E-state index contributed by atoms with van der Waals surface area (Å²) < 4.78 is 0. The minimum atomic E-state index is 0.651. The first-order valence-electron chi connectivity index (χ1n) is 6.36. The molecule has 0 aromatic rings. The molecule has 4 aliphatic carbocycles. The average Bonchev–Trinajstić information content (AvgIpc) is 2.12. The Balaban J connectivity index is 1.92. The second-order valence-corrected chi connectivity index (χ2v) is 6.19. The lowest BCUT2D eigenvalue weighted by molar-refractivity contribution is -0.0649. The van der Waals surface area contributed by atoms with E-state index < -0.39 is 0 Å². The largest absolute Gasteiger partial charge is 0.0911 e. The lowest BCUT2D eigenvalue weighted by Gasteiger charge is -2.59. The number of hydrogen-bond acceptors (Lipinski definition) is 0. The first kappa shape index (κ1) is 9.00. The van der Waals surface area contributed by atoms with Gasteiger partial charge < -0.3 is 0 Å². The van der Waals surface area contributed by atoms with Crippen molar-refractivity contribution in [3.63, 3.8) is 0 Å². The maximum absolute atomic E-state index is 2.55. The lowest BCUT2D eigenvalue weighted by Crippen LogP contribution is -2.49. The fourth-order valence-corrected chi connectivity index (χ4v) is 4.90. The van der Waals surface area contributed by atoms with Crippen LogP contribution in [0.25, 0.3) is 0 Å². The monoisotopic (exact) mass is 190 g/mol. The maximum Gasteiger partial charge on any atom is -0.0110 e. The molecular weight excluding hydrogens is 168 g/mol. The van der Waals surface area contributed by atoms with Crippen molar-refractivity contribution in [3.8, 4) is 0 Å². The van der Waals surface area contributed by atoms with E-state index in [4.69, 9.17) is 0 Å². The van der Waals surface area contributed by atoms with Gasteiger partial charge in [0.05, 0.1) is 0 Å². The normalized spacial score (nSPS) is 55.9. The Morgan fingerprint density at radius 3 is 2.29 bits per heavy atom. The molecule has 78 valence electrons.